The predicted molar refractivity (Wildman–Crippen MR) is 74.2 cm³/mol. The highest BCUT2D eigenvalue weighted by atomic mass is 19.1. The Morgan fingerprint density at radius 1 is 1.38 bits per heavy atom. The number of anilines is 2. The van der Waals surface area contributed by atoms with Crippen LogP contribution < -0.4 is 10.1 Å². The van der Waals surface area contributed by atoms with E-state index in [1.807, 2.05) is 0 Å². The fraction of sp³-hybridized carbons (Fsp3) is 0.214. The molecular formula is C14H14FN3O3. The Labute approximate surface area is 120 Å². The van der Waals surface area contributed by atoms with Gasteiger partial charge >= 0.3 is 5.97 Å². The first kappa shape index (κ1) is 14.7. The smallest absolute Gasteiger partial charge is 0.358 e. The Hall–Kier alpha value is -2.70. The van der Waals surface area contributed by atoms with Gasteiger partial charge in [0.1, 0.15) is 5.82 Å². The molecule has 7 heteroatoms. The molecule has 21 heavy (non-hydrogen) atoms. The van der Waals surface area contributed by atoms with Gasteiger partial charge in [-0.15, -0.1) is 0 Å². The van der Waals surface area contributed by atoms with Crippen molar-refractivity contribution in [2.75, 3.05) is 19.0 Å². The summed E-state index contributed by atoms with van der Waals surface area (Å²) in [6.45, 7) is 2.16. The van der Waals surface area contributed by atoms with Crippen LogP contribution in [0.25, 0.3) is 0 Å². The minimum atomic E-state index is -0.593. The molecular weight excluding hydrogens is 277 g/mol. The van der Waals surface area contributed by atoms with E-state index in [-0.39, 0.29) is 11.4 Å². The van der Waals surface area contributed by atoms with Gasteiger partial charge in [-0.3, -0.25) is 4.98 Å². The third-order valence-corrected chi connectivity index (χ3v) is 2.53. The van der Waals surface area contributed by atoms with E-state index in [0.717, 1.165) is 0 Å². The lowest BCUT2D eigenvalue weighted by atomic mass is 10.3. The molecule has 1 heterocycles. The van der Waals surface area contributed by atoms with Crippen LogP contribution in [0.2, 0.25) is 0 Å². The van der Waals surface area contributed by atoms with Crippen molar-refractivity contribution in [2.45, 2.75) is 6.92 Å². The van der Waals surface area contributed by atoms with Crippen LogP contribution in [0.3, 0.4) is 0 Å². The van der Waals surface area contributed by atoms with Gasteiger partial charge in [-0.05, 0) is 19.1 Å². The van der Waals surface area contributed by atoms with Gasteiger partial charge in [-0.1, -0.05) is 0 Å². The summed E-state index contributed by atoms with van der Waals surface area (Å²) in [7, 11) is 1.26. The van der Waals surface area contributed by atoms with Crippen LogP contribution in [0.4, 0.5) is 15.9 Å². The third-order valence-electron chi connectivity index (χ3n) is 2.53. The molecule has 0 saturated carbocycles. The summed E-state index contributed by atoms with van der Waals surface area (Å²) in [6.07, 6.45) is 2.70. The molecule has 0 aliphatic rings. The average molecular weight is 291 g/mol. The number of benzene rings is 1. The molecule has 0 fully saturated rings. The van der Waals surface area contributed by atoms with E-state index in [9.17, 15) is 9.18 Å². The Morgan fingerprint density at radius 3 is 2.86 bits per heavy atom. The summed E-state index contributed by atoms with van der Waals surface area (Å²) in [5.74, 6) is -0.595. The van der Waals surface area contributed by atoms with Gasteiger partial charge in [0.25, 0.3) is 0 Å². The molecule has 1 aromatic heterocycles. The number of carbonyl (C=O) groups excluding carboxylic acids is 1. The minimum absolute atomic E-state index is 0.0638. The number of nitrogens with zero attached hydrogens (tertiary/aromatic N) is 2. The number of carbonyl (C=O) groups is 1. The Morgan fingerprint density at radius 2 is 2.19 bits per heavy atom. The maximum atomic E-state index is 13.7. The van der Waals surface area contributed by atoms with E-state index in [1.165, 1.54) is 31.6 Å². The minimum Gasteiger partial charge on any atom is -0.491 e. The number of ether oxygens (including phenoxy) is 2. The van der Waals surface area contributed by atoms with E-state index in [1.54, 1.807) is 13.0 Å². The Bertz CT molecular complexity index is 649. The monoisotopic (exact) mass is 291 g/mol. The molecule has 1 N–H and O–H groups in total. The third kappa shape index (κ3) is 3.65. The van der Waals surface area contributed by atoms with Crippen LogP contribution in [0.5, 0.6) is 5.75 Å². The normalized spacial score (nSPS) is 10.0. The lowest BCUT2D eigenvalue weighted by Crippen LogP contribution is -2.06. The number of hydrogen-bond donors (Lipinski definition) is 1. The Balaban J connectivity index is 2.18. The summed E-state index contributed by atoms with van der Waals surface area (Å²) in [5.41, 5.74) is 0.529. The first-order valence-corrected chi connectivity index (χ1v) is 6.23. The number of halogens is 1. The van der Waals surface area contributed by atoms with Gasteiger partial charge in [0.15, 0.2) is 17.3 Å². The van der Waals surface area contributed by atoms with Crippen LogP contribution in [0.1, 0.15) is 17.4 Å². The van der Waals surface area contributed by atoms with E-state index in [2.05, 4.69) is 20.0 Å². The molecule has 0 aliphatic heterocycles. The first-order valence-electron chi connectivity index (χ1n) is 6.23. The number of rotatable bonds is 5. The molecule has 6 nitrogen and oxygen atoms in total. The fourth-order valence-corrected chi connectivity index (χ4v) is 1.63. The van der Waals surface area contributed by atoms with Crippen LogP contribution in [-0.2, 0) is 4.74 Å². The zero-order valence-electron chi connectivity index (χ0n) is 11.6. The van der Waals surface area contributed by atoms with E-state index in [0.29, 0.717) is 18.1 Å². The highest BCUT2D eigenvalue weighted by Crippen LogP contribution is 2.23. The predicted octanol–water partition coefficient (Wildman–Crippen LogP) is 2.54. The van der Waals surface area contributed by atoms with Gasteiger partial charge < -0.3 is 14.8 Å². The van der Waals surface area contributed by atoms with Crippen molar-refractivity contribution in [3.8, 4) is 5.75 Å². The standard InChI is InChI=1S/C14H14FN3O3/c1-3-21-12-5-4-9(6-10(12)15)17-13-8-16-7-11(18-13)14(19)20-2/h4-8H,3H2,1-2H3,(H,17,18). The van der Waals surface area contributed by atoms with Gasteiger partial charge in [0.05, 0.1) is 26.1 Å². The molecule has 2 aromatic rings. The zero-order chi connectivity index (χ0) is 15.2. The number of nitrogens with one attached hydrogen (secondary N) is 1. The number of hydrogen-bond acceptors (Lipinski definition) is 6. The van der Waals surface area contributed by atoms with Gasteiger partial charge in [0.2, 0.25) is 0 Å². The summed E-state index contributed by atoms with van der Waals surface area (Å²) >= 11 is 0. The van der Waals surface area contributed by atoms with Gasteiger partial charge in [-0.2, -0.15) is 0 Å². The van der Waals surface area contributed by atoms with Gasteiger partial charge in [-0.25, -0.2) is 14.2 Å². The van der Waals surface area contributed by atoms with Crippen molar-refractivity contribution in [3.63, 3.8) is 0 Å². The van der Waals surface area contributed by atoms with Crippen LogP contribution >= 0.6 is 0 Å². The van der Waals surface area contributed by atoms with Crippen molar-refractivity contribution in [1.29, 1.82) is 0 Å². The Kier molecular flexibility index (Phi) is 4.65. The summed E-state index contributed by atoms with van der Waals surface area (Å²) in [4.78, 5) is 19.3. The molecule has 0 atom stereocenters. The largest absolute Gasteiger partial charge is 0.491 e. The summed E-state index contributed by atoms with van der Waals surface area (Å²) < 4.78 is 23.4. The molecule has 2 rings (SSSR count). The number of aromatic nitrogens is 2. The molecule has 0 aliphatic carbocycles. The number of methoxy groups -OCH3 is 1. The van der Waals surface area contributed by atoms with E-state index >= 15 is 0 Å². The highest BCUT2D eigenvalue weighted by molar-refractivity contribution is 5.87. The molecule has 0 spiro atoms. The number of esters is 1. The lowest BCUT2D eigenvalue weighted by Gasteiger charge is -2.09. The lowest BCUT2D eigenvalue weighted by molar-refractivity contribution is 0.0593. The SMILES string of the molecule is CCOc1ccc(Nc2cncc(C(=O)OC)n2)cc1F. The quantitative estimate of drug-likeness (QED) is 0.853. The van der Waals surface area contributed by atoms with Crippen molar-refractivity contribution < 1.29 is 18.7 Å². The van der Waals surface area contributed by atoms with Crippen LogP contribution in [0, 0.1) is 5.82 Å². The summed E-state index contributed by atoms with van der Waals surface area (Å²) in [6, 6.07) is 4.43. The molecule has 0 unspecified atom stereocenters. The highest BCUT2D eigenvalue weighted by Gasteiger charge is 2.09. The van der Waals surface area contributed by atoms with Crippen molar-refractivity contribution in [1.82, 2.24) is 9.97 Å². The topological polar surface area (TPSA) is 73.3 Å². The van der Waals surface area contributed by atoms with Crippen molar-refractivity contribution in [2.24, 2.45) is 0 Å². The van der Waals surface area contributed by atoms with E-state index < -0.39 is 11.8 Å². The van der Waals surface area contributed by atoms with Gasteiger partial charge in [0, 0.05) is 11.8 Å². The molecule has 1 aromatic carbocycles. The zero-order valence-corrected chi connectivity index (χ0v) is 11.6. The molecule has 0 saturated heterocycles. The van der Waals surface area contributed by atoms with Crippen LogP contribution in [-0.4, -0.2) is 29.7 Å². The molecule has 110 valence electrons. The van der Waals surface area contributed by atoms with Crippen molar-refractivity contribution >= 4 is 17.5 Å². The molecule has 0 bridgehead atoms. The second-order valence-electron chi connectivity index (χ2n) is 3.98. The second-order valence-corrected chi connectivity index (χ2v) is 3.98. The van der Waals surface area contributed by atoms with E-state index in [4.69, 9.17) is 4.74 Å². The van der Waals surface area contributed by atoms with Crippen molar-refractivity contribution in [3.05, 3.63) is 42.1 Å². The fourth-order valence-electron chi connectivity index (χ4n) is 1.63. The second kappa shape index (κ2) is 6.65. The molecule has 0 amide bonds. The maximum absolute atomic E-state index is 13.7. The molecule has 0 radical (unpaired) electrons. The average Bonchev–Trinajstić information content (AvgIpc) is 2.49. The van der Waals surface area contributed by atoms with Crippen LogP contribution in [0.15, 0.2) is 30.6 Å². The first-order chi connectivity index (χ1) is 10.1. The summed E-state index contributed by atoms with van der Waals surface area (Å²) in [5, 5.41) is 2.86. The maximum Gasteiger partial charge on any atom is 0.358 e.